The van der Waals surface area contributed by atoms with Crippen LogP contribution >= 0.6 is 0 Å². The van der Waals surface area contributed by atoms with Gasteiger partial charge in [0.15, 0.2) is 0 Å². The molecule has 7 heteroatoms. The van der Waals surface area contributed by atoms with E-state index in [9.17, 15) is 14.7 Å². The fourth-order valence-electron chi connectivity index (χ4n) is 3.13. The highest BCUT2D eigenvalue weighted by atomic mass is 16.4. The van der Waals surface area contributed by atoms with Gasteiger partial charge in [0, 0.05) is 28.4 Å². The molecule has 0 spiro atoms. The van der Waals surface area contributed by atoms with E-state index in [1.165, 1.54) is 0 Å². The molecule has 148 valence electrons. The molecule has 2 aromatic carbocycles. The highest BCUT2D eigenvalue weighted by molar-refractivity contribution is 6.21. The van der Waals surface area contributed by atoms with Crippen LogP contribution in [0.4, 0.5) is 11.5 Å². The number of nitrogens with one attached hydrogen (secondary N) is 2. The zero-order chi connectivity index (χ0) is 21.1. The Morgan fingerprint density at radius 1 is 1.00 bits per heavy atom. The number of aromatic nitrogens is 2. The van der Waals surface area contributed by atoms with Crippen LogP contribution in [0.25, 0.3) is 22.7 Å². The van der Waals surface area contributed by atoms with Gasteiger partial charge in [-0.25, -0.2) is 9.78 Å². The van der Waals surface area contributed by atoms with Crippen LogP contribution in [0, 0.1) is 0 Å². The van der Waals surface area contributed by atoms with E-state index in [4.69, 9.17) is 5.73 Å². The van der Waals surface area contributed by atoms with Crippen LogP contribution in [0.1, 0.15) is 21.5 Å². The lowest BCUT2D eigenvalue weighted by Gasteiger charge is -2.05. The Hall–Kier alpha value is -4.39. The number of amides is 1. The highest BCUT2D eigenvalue weighted by Crippen LogP contribution is 2.25. The molecular formula is C23H18N4O3. The number of carboxylic acids is 1. The summed E-state index contributed by atoms with van der Waals surface area (Å²) in [6, 6.07) is 19.0. The van der Waals surface area contributed by atoms with Crippen molar-refractivity contribution >= 4 is 46.1 Å². The first kappa shape index (κ1) is 18.9. The molecule has 2 heterocycles. The maximum absolute atomic E-state index is 12.4. The van der Waals surface area contributed by atoms with Gasteiger partial charge in [-0.15, -0.1) is 0 Å². The lowest BCUT2D eigenvalue weighted by molar-refractivity contribution is -0.130. The standard InChI is InChI=1S/C23H18N4O3/c24-17-8-4-7-15(11-17)22(28)27-20-10-9-18-16(13-25-21(18)26-20)12-19(23(29)30)14-5-2-1-3-6-14/h1-13H,24H2,(H,29,30)(H2,25,26,27,28)/b19-12+. The molecular weight excluding hydrogens is 380 g/mol. The molecule has 1 amide bonds. The lowest BCUT2D eigenvalue weighted by Crippen LogP contribution is -2.13. The molecule has 0 saturated carbocycles. The van der Waals surface area contributed by atoms with Crippen LogP contribution in [0.15, 0.2) is 72.9 Å². The van der Waals surface area contributed by atoms with Gasteiger partial charge in [-0.1, -0.05) is 36.4 Å². The first-order valence-corrected chi connectivity index (χ1v) is 9.17. The number of H-pyrrole nitrogens is 1. The van der Waals surface area contributed by atoms with E-state index in [1.807, 2.05) is 6.07 Å². The average molecular weight is 398 g/mol. The van der Waals surface area contributed by atoms with Crippen molar-refractivity contribution in [3.63, 3.8) is 0 Å². The average Bonchev–Trinajstić information content (AvgIpc) is 3.14. The summed E-state index contributed by atoms with van der Waals surface area (Å²) in [5.74, 6) is -0.971. The van der Waals surface area contributed by atoms with E-state index >= 15 is 0 Å². The topological polar surface area (TPSA) is 121 Å². The summed E-state index contributed by atoms with van der Waals surface area (Å²) >= 11 is 0. The van der Waals surface area contributed by atoms with E-state index in [0.717, 1.165) is 5.39 Å². The van der Waals surface area contributed by atoms with Gasteiger partial charge >= 0.3 is 5.97 Å². The number of nitrogens with two attached hydrogens (primary N) is 1. The second-order valence-electron chi connectivity index (χ2n) is 6.65. The number of fused-ring (bicyclic) bond motifs is 1. The van der Waals surface area contributed by atoms with Crippen molar-refractivity contribution in [2.45, 2.75) is 0 Å². The molecule has 0 aliphatic heterocycles. The van der Waals surface area contributed by atoms with Crippen LogP contribution in [0.3, 0.4) is 0 Å². The number of rotatable bonds is 5. The number of hydrogen-bond donors (Lipinski definition) is 4. The summed E-state index contributed by atoms with van der Waals surface area (Å²) < 4.78 is 0. The molecule has 0 fully saturated rings. The van der Waals surface area contributed by atoms with Crippen molar-refractivity contribution < 1.29 is 14.7 Å². The molecule has 0 radical (unpaired) electrons. The van der Waals surface area contributed by atoms with Crippen molar-refractivity contribution in [2.24, 2.45) is 0 Å². The molecule has 0 bridgehead atoms. The van der Waals surface area contributed by atoms with Crippen LogP contribution < -0.4 is 11.1 Å². The zero-order valence-electron chi connectivity index (χ0n) is 15.8. The third kappa shape index (κ3) is 3.90. The van der Waals surface area contributed by atoms with E-state index in [-0.39, 0.29) is 11.5 Å². The van der Waals surface area contributed by atoms with Gasteiger partial charge in [-0.2, -0.15) is 0 Å². The Kier molecular flexibility index (Phi) is 5.00. The predicted octanol–water partition coefficient (Wildman–Crippen LogP) is 4.02. The molecule has 5 N–H and O–H groups in total. The quantitative estimate of drug-likeness (QED) is 0.299. The van der Waals surface area contributed by atoms with Crippen LogP contribution in [-0.2, 0) is 4.79 Å². The predicted molar refractivity (Wildman–Crippen MR) is 117 cm³/mol. The second-order valence-corrected chi connectivity index (χ2v) is 6.65. The third-order valence-corrected chi connectivity index (χ3v) is 4.58. The fourth-order valence-corrected chi connectivity index (χ4v) is 3.13. The van der Waals surface area contributed by atoms with Crippen molar-refractivity contribution in [1.29, 1.82) is 0 Å². The number of anilines is 2. The molecule has 30 heavy (non-hydrogen) atoms. The Morgan fingerprint density at radius 3 is 2.50 bits per heavy atom. The van der Waals surface area contributed by atoms with Gasteiger partial charge in [0.1, 0.15) is 11.5 Å². The third-order valence-electron chi connectivity index (χ3n) is 4.58. The van der Waals surface area contributed by atoms with E-state index in [2.05, 4.69) is 15.3 Å². The normalized spacial score (nSPS) is 11.4. The minimum Gasteiger partial charge on any atom is -0.478 e. The lowest BCUT2D eigenvalue weighted by atomic mass is 10.0. The fraction of sp³-hybridized carbons (Fsp3) is 0. The molecule has 7 nitrogen and oxygen atoms in total. The van der Waals surface area contributed by atoms with Crippen molar-refractivity contribution in [1.82, 2.24) is 9.97 Å². The van der Waals surface area contributed by atoms with E-state index in [1.54, 1.807) is 72.9 Å². The van der Waals surface area contributed by atoms with Crippen molar-refractivity contribution in [3.8, 4) is 0 Å². The van der Waals surface area contributed by atoms with Crippen molar-refractivity contribution in [2.75, 3.05) is 11.1 Å². The largest absolute Gasteiger partial charge is 0.478 e. The summed E-state index contributed by atoms with van der Waals surface area (Å²) in [6.45, 7) is 0. The first-order chi connectivity index (χ1) is 14.5. The molecule has 4 aromatic rings. The number of nitrogens with zero attached hydrogens (tertiary/aromatic N) is 1. The zero-order valence-corrected chi connectivity index (χ0v) is 15.8. The smallest absolute Gasteiger partial charge is 0.336 e. The molecule has 2 aromatic heterocycles. The van der Waals surface area contributed by atoms with E-state index in [0.29, 0.717) is 33.8 Å². The molecule has 0 atom stereocenters. The number of carbonyl (C=O) groups is 2. The number of aliphatic carboxylic acids is 1. The van der Waals surface area contributed by atoms with Crippen molar-refractivity contribution in [3.05, 3.63) is 89.6 Å². The van der Waals surface area contributed by atoms with E-state index < -0.39 is 5.97 Å². The minimum absolute atomic E-state index is 0.176. The van der Waals surface area contributed by atoms with Gasteiger partial charge in [0.2, 0.25) is 0 Å². The van der Waals surface area contributed by atoms with Gasteiger partial charge in [0.25, 0.3) is 5.91 Å². The molecule has 0 unspecified atom stereocenters. The molecule has 4 rings (SSSR count). The highest BCUT2D eigenvalue weighted by Gasteiger charge is 2.13. The SMILES string of the molecule is Nc1cccc(C(=O)Nc2ccc3c(/C=C(/C(=O)O)c4ccccc4)c[nH]c3n2)c1. The number of nitrogen functional groups attached to an aromatic ring is 1. The monoisotopic (exact) mass is 398 g/mol. The van der Waals surface area contributed by atoms with Gasteiger partial charge in [-0.05, 0) is 42.0 Å². The summed E-state index contributed by atoms with van der Waals surface area (Å²) in [5.41, 5.74) is 8.66. The number of pyridine rings is 1. The maximum Gasteiger partial charge on any atom is 0.336 e. The first-order valence-electron chi connectivity index (χ1n) is 9.17. The van der Waals surface area contributed by atoms with Crippen LogP contribution in [-0.4, -0.2) is 27.0 Å². The second kappa shape index (κ2) is 7.92. The Bertz CT molecular complexity index is 1280. The van der Waals surface area contributed by atoms with Gasteiger partial charge in [-0.3, -0.25) is 4.79 Å². The number of aromatic amines is 1. The molecule has 0 aliphatic rings. The molecule has 0 saturated heterocycles. The number of carbonyl (C=O) groups excluding carboxylic acids is 1. The number of carboxylic acid groups (broad SMARTS) is 1. The molecule has 0 aliphatic carbocycles. The van der Waals surface area contributed by atoms with Crippen LogP contribution in [0.2, 0.25) is 0 Å². The number of benzene rings is 2. The summed E-state index contributed by atoms with van der Waals surface area (Å²) in [7, 11) is 0. The summed E-state index contributed by atoms with van der Waals surface area (Å²) in [4.78, 5) is 31.6. The Morgan fingerprint density at radius 2 is 1.77 bits per heavy atom. The summed E-state index contributed by atoms with van der Waals surface area (Å²) in [5, 5.41) is 13.1. The van der Waals surface area contributed by atoms with Gasteiger partial charge < -0.3 is 21.1 Å². The minimum atomic E-state index is -1.02. The number of hydrogen-bond acceptors (Lipinski definition) is 4. The van der Waals surface area contributed by atoms with Gasteiger partial charge in [0.05, 0.1) is 5.57 Å². The Labute approximate surface area is 171 Å². The summed E-state index contributed by atoms with van der Waals surface area (Å²) in [6.07, 6.45) is 3.29. The Balaban J connectivity index is 1.64. The maximum atomic E-state index is 12.4. The van der Waals surface area contributed by atoms with Crippen LogP contribution in [0.5, 0.6) is 0 Å².